The van der Waals surface area contributed by atoms with E-state index in [0.29, 0.717) is 5.92 Å². The lowest BCUT2D eigenvalue weighted by molar-refractivity contribution is 0.748. The standard InChI is InChI=1S/C13H22N4/c1-4-12-15-11(9(2)3)7-13(16-12)17-6-5-10(14)8-17/h7,9-10H,4-6,8,14H2,1-3H3. The molecule has 2 rings (SSSR count). The fourth-order valence-corrected chi connectivity index (χ4v) is 2.11. The molecule has 0 radical (unpaired) electrons. The van der Waals surface area contributed by atoms with Crippen LogP contribution >= 0.6 is 0 Å². The van der Waals surface area contributed by atoms with Gasteiger partial charge in [0.1, 0.15) is 11.6 Å². The molecular formula is C13H22N4. The van der Waals surface area contributed by atoms with Crippen LogP contribution in [0.5, 0.6) is 0 Å². The van der Waals surface area contributed by atoms with Crippen molar-refractivity contribution in [3.63, 3.8) is 0 Å². The van der Waals surface area contributed by atoms with Crippen molar-refractivity contribution in [3.05, 3.63) is 17.6 Å². The molecule has 94 valence electrons. The van der Waals surface area contributed by atoms with E-state index in [1.807, 2.05) is 0 Å². The molecule has 4 heteroatoms. The minimum Gasteiger partial charge on any atom is -0.355 e. The van der Waals surface area contributed by atoms with Crippen molar-refractivity contribution in [1.29, 1.82) is 0 Å². The van der Waals surface area contributed by atoms with E-state index < -0.39 is 0 Å². The summed E-state index contributed by atoms with van der Waals surface area (Å²) in [6, 6.07) is 2.40. The lowest BCUT2D eigenvalue weighted by Crippen LogP contribution is -2.27. The molecule has 0 bridgehead atoms. The Morgan fingerprint density at radius 2 is 2.24 bits per heavy atom. The second-order valence-corrected chi connectivity index (χ2v) is 5.07. The van der Waals surface area contributed by atoms with Crippen LogP contribution in [-0.4, -0.2) is 29.1 Å². The monoisotopic (exact) mass is 234 g/mol. The van der Waals surface area contributed by atoms with Crippen LogP contribution in [0.1, 0.15) is 44.6 Å². The fraction of sp³-hybridized carbons (Fsp3) is 0.692. The maximum atomic E-state index is 5.95. The van der Waals surface area contributed by atoms with Crippen LogP contribution in [0.2, 0.25) is 0 Å². The number of aryl methyl sites for hydroxylation is 1. The van der Waals surface area contributed by atoms with Crippen molar-refractivity contribution in [2.75, 3.05) is 18.0 Å². The normalized spacial score (nSPS) is 20.3. The highest BCUT2D eigenvalue weighted by molar-refractivity contribution is 5.42. The van der Waals surface area contributed by atoms with Crippen LogP contribution < -0.4 is 10.6 Å². The van der Waals surface area contributed by atoms with Gasteiger partial charge in [0.2, 0.25) is 0 Å². The molecule has 0 amide bonds. The van der Waals surface area contributed by atoms with Gasteiger partial charge in [-0.25, -0.2) is 9.97 Å². The van der Waals surface area contributed by atoms with Crippen molar-refractivity contribution >= 4 is 5.82 Å². The van der Waals surface area contributed by atoms with Gasteiger partial charge in [-0.05, 0) is 12.3 Å². The summed E-state index contributed by atoms with van der Waals surface area (Å²) in [4.78, 5) is 11.5. The molecule has 1 aromatic rings. The summed E-state index contributed by atoms with van der Waals surface area (Å²) in [6.45, 7) is 8.36. The quantitative estimate of drug-likeness (QED) is 0.865. The topological polar surface area (TPSA) is 55.0 Å². The molecule has 1 aliphatic rings. The molecule has 1 aliphatic heterocycles. The molecule has 1 aromatic heterocycles. The Morgan fingerprint density at radius 3 is 2.76 bits per heavy atom. The first-order valence-corrected chi connectivity index (χ1v) is 6.48. The molecule has 1 saturated heterocycles. The van der Waals surface area contributed by atoms with Gasteiger partial charge in [-0.15, -0.1) is 0 Å². The second kappa shape index (κ2) is 5.00. The number of anilines is 1. The smallest absolute Gasteiger partial charge is 0.132 e. The van der Waals surface area contributed by atoms with E-state index >= 15 is 0 Å². The van der Waals surface area contributed by atoms with Gasteiger partial charge in [0.25, 0.3) is 0 Å². The zero-order chi connectivity index (χ0) is 12.4. The number of nitrogens with zero attached hydrogens (tertiary/aromatic N) is 3. The molecule has 17 heavy (non-hydrogen) atoms. The summed E-state index contributed by atoms with van der Waals surface area (Å²) in [7, 11) is 0. The molecular weight excluding hydrogens is 212 g/mol. The Kier molecular flexibility index (Phi) is 3.62. The largest absolute Gasteiger partial charge is 0.355 e. The zero-order valence-corrected chi connectivity index (χ0v) is 11.0. The predicted molar refractivity (Wildman–Crippen MR) is 70.3 cm³/mol. The van der Waals surface area contributed by atoms with Crippen molar-refractivity contribution in [1.82, 2.24) is 9.97 Å². The van der Waals surface area contributed by atoms with Gasteiger partial charge in [0, 0.05) is 37.3 Å². The summed E-state index contributed by atoms with van der Waals surface area (Å²) >= 11 is 0. The van der Waals surface area contributed by atoms with E-state index in [4.69, 9.17) is 5.73 Å². The highest BCUT2D eigenvalue weighted by atomic mass is 15.2. The number of aromatic nitrogens is 2. The Balaban J connectivity index is 2.29. The molecule has 0 aliphatic carbocycles. The Bertz CT molecular complexity index is 389. The Hall–Kier alpha value is -1.16. The van der Waals surface area contributed by atoms with Crippen LogP contribution in [0.3, 0.4) is 0 Å². The zero-order valence-electron chi connectivity index (χ0n) is 11.0. The molecule has 0 aromatic carbocycles. The van der Waals surface area contributed by atoms with Crippen molar-refractivity contribution in [2.45, 2.75) is 45.6 Å². The lowest BCUT2D eigenvalue weighted by Gasteiger charge is -2.19. The minimum atomic E-state index is 0.289. The van der Waals surface area contributed by atoms with Gasteiger partial charge in [0.15, 0.2) is 0 Å². The van der Waals surface area contributed by atoms with Crippen molar-refractivity contribution in [2.24, 2.45) is 5.73 Å². The third-order valence-electron chi connectivity index (χ3n) is 3.24. The van der Waals surface area contributed by atoms with Crippen LogP contribution in [0.15, 0.2) is 6.07 Å². The SMILES string of the molecule is CCc1nc(C(C)C)cc(N2CCC(N)C2)n1. The highest BCUT2D eigenvalue weighted by Gasteiger charge is 2.21. The predicted octanol–water partition coefficient (Wildman–Crippen LogP) is 1.70. The maximum absolute atomic E-state index is 5.95. The Morgan fingerprint density at radius 1 is 1.47 bits per heavy atom. The number of rotatable bonds is 3. The first-order chi connectivity index (χ1) is 8.10. The molecule has 1 fully saturated rings. The molecule has 4 nitrogen and oxygen atoms in total. The maximum Gasteiger partial charge on any atom is 0.132 e. The molecule has 2 N–H and O–H groups in total. The van der Waals surface area contributed by atoms with Crippen molar-refractivity contribution < 1.29 is 0 Å². The van der Waals surface area contributed by atoms with E-state index in [2.05, 4.69) is 41.7 Å². The van der Waals surface area contributed by atoms with Gasteiger partial charge in [-0.3, -0.25) is 0 Å². The first-order valence-electron chi connectivity index (χ1n) is 6.48. The van der Waals surface area contributed by atoms with Gasteiger partial charge in [-0.1, -0.05) is 20.8 Å². The number of hydrogen-bond donors (Lipinski definition) is 1. The van der Waals surface area contributed by atoms with Crippen molar-refractivity contribution in [3.8, 4) is 0 Å². The fourth-order valence-electron chi connectivity index (χ4n) is 2.11. The molecule has 1 atom stereocenters. The number of hydrogen-bond acceptors (Lipinski definition) is 4. The van der Waals surface area contributed by atoms with Gasteiger partial charge >= 0.3 is 0 Å². The molecule has 1 unspecified atom stereocenters. The minimum absolute atomic E-state index is 0.289. The first kappa shape index (κ1) is 12.3. The third-order valence-corrected chi connectivity index (χ3v) is 3.24. The van der Waals surface area contributed by atoms with Crippen LogP contribution in [0.4, 0.5) is 5.82 Å². The summed E-state index contributed by atoms with van der Waals surface area (Å²) in [5.41, 5.74) is 7.08. The van der Waals surface area contributed by atoms with E-state index in [1.165, 1.54) is 0 Å². The summed E-state index contributed by atoms with van der Waals surface area (Å²) in [5.74, 6) is 2.43. The van der Waals surface area contributed by atoms with Crippen LogP contribution in [0.25, 0.3) is 0 Å². The average molecular weight is 234 g/mol. The third kappa shape index (κ3) is 2.75. The van der Waals surface area contributed by atoms with E-state index in [0.717, 1.165) is 43.3 Å². The van der Waals surface area contributed by atoms with Gasteiger partial charge in [-0.2, -0.15) is 0 Å². The Labute approximate surface area is 103 Å². The molecule has 0 spiro atoms. The summed E-state index contributed by atoms with van der Waals surface area (Å²) in [6.07, 6.45) is 1.94. The second-order valence-electron chi connectivity index (χ2n) is 5.07. The number of nitrogens with two attached hydrogens (primary N) is 1. The van der Waals surface area contributed by atoms with Crippen LogP contribution in [0, 0.1) is 0 Å². The van der Waals surface area contributed by atoms with Crippen LogP contribution in [-0.2, 0) is 6.42 Å². The van der Waals surface area contributed by atoms with E-state index in [1.54, 1.807) is 0 Å². The van der Waals surface area contributed by atoms with E-state index in [9.17, 15) is 0 Å². The van der Waals surface area contributed by atoms with E-state index in [-0.39, 0.29) is 6.04 Å². The highest BCUT2D eigenvalue weighted by Crippen LogP contribution is 2.21. The summed E-state index contributed by atoms with van der Waals surface area (Å²) in [5, 5.41) is 0. The summed E-state index contributed by atoms with van der Waals surface area (Å²) < 4.78 is 0. The average Bonchev–Trinajstić information content (AvgIpc) is 2.75. The van der Waals surface area contributed by atoms with Gasteiger partial charge < -0.3 is 10.6 Å². The lowest BCUT2D eigenvalue weighted by atomic mass is 10.1. The van der Waals surface area contributed by atoms with Gasteiger partial charge in [0.05, 0.1) is 0 Å². The molecule has 0 saturated carbocycles. The molecule has 2 heterocycles.